The van der Waals surface area contributed by atoms with Crippen LogP contribution in [0.25, 0.3) is 0 Å². The van der Waals surface area contributed by atoms with Gasteiger partial charge in [-0.1, -0.05) is 19.1 Å². The second kappa shape index (κ2) is 8.62. The number of hydrogen-bond acceptors (Lipinski definition) is 3. The molecule has 142 valence electrons. The molecule has 5 nitrogen and oxygen atoms in total. The predicted octanol–water partition coefficient (Wildman–Crippen LogP) is 2.42. The van der Waals surface area contributed by atoms with E-state index < -0.39 is 0 Å². The lowest BCUT2D eigenvalue weighted by molar-refractivity contribution is -0.144. The highest BCUT2D eigenvalue weighted by Crippen LogP contribution is 2.26. The van der Waals surface area contributed by atoms with Crippen LogP contribution in [0.3, 0.4) is 0 Å². The Hall–Kier alpha value is -1.95. The number of rotatable bonds is 4. The minimum Gasteiger partial charge on any atom is -0.378 e. The van der Waals surface area contributed by atoms with Crippen LogP contribution in [0.2, 0.25) is 0 Å². The molecule has 1 aromatic carbocycles. The molecule has 1 atom stereocenters. The Morgan fingerprint density at radius 3 is 2.27 bits per heavy atom. The maximum Gasteiger partial charge on any atom is 0.230 e. The van der Waals surface area contributed by atoms with E-state index in [0.717, 1.165) is 5.56 Å². The predicted molar refractivity (Wildman–Crippen MR) is 96.1 cm³/mol. The second-order valence-corrected chi connectivity index (χ2v) is 7.05. The molecule has 3 rings (SSSR count). The fraction of sp³-hybridized carbons (Fsp3) is 0.600. The van der Waals surface area contributed by atoms with Crippen LogP contribution >= 0.6 is 0 Å². The smallest absolute Gasteiger partial charge is 0.230 e. The number of amides is 2. The quantitative estimate of drug-likeness (QED) is 0.827. The minimum absolute atomic E-state index is 0.00282. The summed E-state index contributed by atoms with van der Waals surface area (Å²) in [5.41, 5.74) is 0.852. The maximum atomic E-state index is 13.1. The van der Waals surface area contributed by atoms with Gasteiger partial charge in [0.2, 0.25) is 11.8 Å². The average Bonchev–Trinajstić information content (AvgIpc) is 2.70. The first kappa shape index (κ1) is 18.8. The summed E-state index contributed by atoms with van der Waals surface area (Å²) < 4.78 is 18.4. The zero-order chi connectivity index (χ0) is 18.5. The summed E-state index contributed by atoms with van der Waals surface area (Å²) in [7, 11) is 0. The number of likely N-dealkylation sites (tertiary alicyclic amines) is 1. The van der Waals surface area contributed by atoms with E-state index in [-0.39, 0.29) is 29.5 Å². The number of piperidine rings is 1. The van der Waals surface area contributed by atoms with Gasteiger partial charge < -0.3 is 14.5 Å². The van der Waals surface area contributed by atoms with Crippen molar-refractivity contribution in [2.75, 3.05) is 39.4 Å². The van der Waals surface area contributed by atoms with Crippen molar-refractivity contribution in [1.82, 2.24) is 9.80 Å². The van der Waals surface area contributed by atoms with Crippen molar-refractivity contribution >= 4 is 11.8 Å². The Labute approximate surface area is 154 Å². The highest BCUT2D eigenvalue weighted by molar-refractivity contribution is 5.84. The highest BCUT2D eigenvalue weighted by atomic mass is 19.1. The number of morpholine rings is 1. The number of carbonyl (C=O) groups excluding carboxylic acids is 2. The van der Waals surface area contributed by atoms with Crippen LogP contribution in [-0.4, -0.2) is 61.0 Å². The first-order valence-electron chi connectivity index (χ1n) is 9.51. The van der Waals surface area contributed by atoms with E-state index in [1.165, 1.54) is 12.1 Å². The van der Waals surface area contributed by atoms with E-state index in [0.29, 0.717) is 58.7 Å². The van der Waals surface area contributed by atoms with Crippen molar-refractivity contribution < 1.29 is 18.7 Å². The van der Waals surface area contributed by atoms with E-state index in [1.807, 2.05) is 16.7 Å². The van der Waals surface area contributed by atoms with Gasteiger partial charge in [-0.2, -0.15) is 0 Å². The number of ether oxygens (including phenoxy) is 1. The molecule has 0 bridgehead atoms. The molecule has 0 spiro atoms. The third-order valence-corrected chi connectivity index (χ3v) is 5.46. The summed E-state index contributed by atoms with van der Waals surface area (Å²) in [5, 5.41) is 0. The Morgan fingerprint density at radius 1 is 1.08 bits per heavy atom. The van der Waals surface area contributed by atoms with Crippen LogP contribution < -0.4 is 0 Å². The molecule has 0 aliphatic carbocycles. The Balaban J connectivity index is 1.57. The number of nitrogens with zero attached hydrogens (tertiary/aromatic N) is 2. The van der Waals surface area contributed by atoms with Crippen LogP contribution in [-0.2, 0) is 14.3 Å². The van der Waals surface area contributed by atoms with Crippen LogP contribution in [0.1, 0.15) is 37.7 Å². The Morgan fingerprint density at radius 2 is 1.69 bits per heavy atom. The zero-order valence-corrected chi connectivity index (χ0v) is 15.3. The standard InChI is InChI=1S/C20H27FN2O3/c1-2-18(15-3-5-17(21)6-4-15)20(25)22-9-7-16(8-10-22)19(24)23-11-13-26-14-12-23/h3-6,16,18H,2,7-14H2,1H3. The van der Waals surface area contributed by atoms with Crippen molar-refractivity contribution in [3.05, 3.63) is 35.6 Å². The monoisotopic (exact) mass is 362 g/mol. The topological polar surface area (TPSA) is 49.9 Å². The summed E-state index contributed by atoms with van der Waals surface area (Å²) in [5.74, 6) is -0.258. The van der Waals surface area contributed by atoms with Crippen molar-refractivity contribution in [2.24, 2.45) is 5.92 Å². The van der Waals surface area contributed by atoms with E-state index in [4.69, 9.17) is 4.74 Å². The van der Waals surface area contributed by atoms with E-state index in [2.05, 4.69) is 0 Å². The van der Waals surface area contributed by atoms with E-state index in [1.54, 1.807) is 12.1 Å². The lowest BCUT2D eigenvalue weighted by Crippen LogP contribution is -2.48. The van der Waals surface area contributed by atoms with Crippen LogP contribution in [0.5, 0.6) is 0 Å². The van der Waals surface area contributed by atoms with Crippen molar-refractivity contribution in [3.63, 3.8) is 0 Å². The van der Waals surface area contributed by atoms with Crippen LogP contribution in [0.4, 0.5) is 4.39 Å². The van der Waals surface area contributed by atoms with Crippen LogP contribution in [0, 0.1) is 11.7 Å². The maximum absolute atomic E-state index is 13.1. The largest absolute Gasteiger partial charge is 0.378 e. The van der Waals surface area contributed by atoms with Gasteiger partial charge in [-0.05, 0) is 37.0 Å². The van der Waals surface area contributed by atoms with Gasteiger partial charge in [0.15, 0.2) is 0 Å². The molecule has 1 unspecified atom stereocenters. The number of halogens is 1. The van der Waals surface area contributed by atoms with Crippen molar-refractivity contribution in [2.45, 2.75) is 32.1 Å². The molecule has 2 aliphatic rings. The number of carbonyl (C=O) groups is 2. The summed E-state index contributed by atoms with van der Waals surface area (Å²) in [6.07, 6.45) is 2.10. The molecule has 0 aromatic heterocycles. The van der Waals surface area contributed by atoms with Gasteiger partial charge in [0.1, 0.15) is 5.82 Å². The average molecular weight is 362 g/mol. The SMILES string of the molecule is CCC(C(=O)N1CCC(C(=O)N2CCOCC2)CC1)c1ccc(F)cc1. The third kappa shape index (κ3) is 4.23. The van der Waals surface area contributed by atoms with Gasteiger partial charge in [0.05, 0.1) is 19.1 Å². The molecule has 6 heteroatoms. The number of benzene rings is 1. The summed E-state index contributed by atoms with van der Waals surface area (Å²) in [4.78, 5) is 29.3. The molecule has 2 aliphatic heterocycles. The summed E-state index contributed by atoms with van der Waals surface area (Å²) in [6.45, 7) is 5.74. The molecule has 2 amide bonds. The van der Waals surface area contributed by atoms with Crippen LogP contribution in [0.15, 0.2) is 24.3 Å². The van der Waals surface area contributed by atoms with Gasteiger partial charge in [-0.15, -0.1) is 0 Å². The van der Waals surface area contributed by atoms with E-state index in [9.17, 15) is 14.0 Å². The molecular weight excluding hydrogens is 335 g/mol. The molecule has 0 saturated carbocycles. The van der Waals surface area contributed by atoms with Crippen molar-refractivity contribution in [1.29, 1.82) is 0 Å². The van der Waals surface area contributed by atoms with Crippen molar-refractivity contribution in [3.8, 4) is 0 Å². The lowest BCUT2D eigenvalue weighted by atomic mass is 9.91. The Bertz CT molecular complexity index is 620. The highest BCUT2D eigenvalue weighted by Gasteiger charge is 2.33. The van der Waals surface area contributed by atoms with E-state index >= 15 is 0 Å². The Kier molecular flexibility index (Phi) is 6.25. The molecule has 1 aromatic rings. The molecular formula is C20H27FN2O3. The van der Waals surface area contributed by atoms with Gasteiger partial charge >= 0.3 is 0 Å². The summed E-state index contributed by atoms with van der Waals surface area (Å²) in [6, 6.07) is 6.18. The fourth-order valence-corrected chi connectivity index (χ4v) is 3.86. The van der Waals surface area contributed by atoms with Gasteiger partial charge in [0, 0.05) is 32.1 Å². The number of hydrogen-bond donors (Lipinski definition) is 0. The molecule has 2 fully saturated rings. The fourth-order valence-electron chi connectivity index (χ4n) is 3.86. The summed E-state index contributed by atoms with van der Waals surface area (Å²) >= 11 is 0. The molecule has 2 saturated heterocycles. The third-order valence-electron chi connectivity index (χ3n) is 5.46. The first-order chi connectivity index (χ1) is 12.6. The molecule has 0 radical (unpaired) electrons. The zero-order valence-electron chi connectivity index (χ0n) is 15.3. The minimum atomic E-state index is -0.293. The second-order valence-electron chi connectivity index (χ2n) is 7.05. The van der Waals surface area contributed by atoms with Gasteiger partial charge in [0.25, 0.3) is 0 Å². The first-order valence-corrected chi connectivity index (χ1v) is 9.51. The molecule has 26 heavy (non-hydrogen) atoms. The molecule has 2 heterocycles. The normalized spacial score (nSPS) is 20.1. The van der Waals surface area contributed by atoms with Gasteiger partial charge in [-0.3, -0.25) is 9.59 Å². The van der Waals surface area contributed by atoms with Gasteiger partial charge in [-0.25, -0.2) is 4.39 Å². The lowest BCUT2D eigenvalue weighted by Gasteiger charge is -2.36. The molecule has 0 N–H and O–H groups in total.